The van der Waals surface area contributed by atoms with Gasteiger partial charge < -0.3 is 0 Å². The van der Waals surface area contributed by atoms with Gasteiger partial charge in [-0.2, -0.15) is 0 Å². The topological polar surface area (TPSA) is 53.3 Å². The van der Waals surface area contributed by atoms with Crippen LogP contribution in [0.1, 0.15) is 0 Å². The van der Waals surface area contributed by atoms with Gasteiger partial charge >= 0.3 is 70.8 Å². The van der Waals surface area contributed by atoms with E-state index in [1.807, 2.05) is 21.0 Å². The molecule has 0 heterocycles. The fourth-order valence-corrected chi connectivity index (χ4v) is 3.24. The monoisotopic (exact) mass is 264 g/mol. The van der Waals surface area contributed by atoms with Crippen LogP contribution in [0.2, 0.25) is 14.8 Å². The molecule has 0 aromatic carbocycles. The molecule has 4 nitrogen and oxygen atoms in total. The number of carbonyl (C=O) groups excluding carboxylic acids is 1. The van der Waals surface area contributed by atoms with Crippen LogP contribution in [0.25, 0.3) is 0 Å². The molecule has 0 N–H and O–H groups in total. The third-order valence-corrected chi connectivity index (χ3v) is 5.76. The first kappa shape index (κ1) is 10.6. The van der Waals surface area contributed by atoms with E-state index in [4.69, 9.17) is 5.26 Å². The van der Waals surface area contributed by atoms with E-state index in [1.54, 1.807) is 0 Å². The summed E-state index contributed by atoms with van der Waals surface area (Å²) in [7, 11) is 1.28. The molecule has 0 aliphatic carbocycles. The first-order valence-electron chi connectivity index (χ1n) is 3.21. The molecule has 62 valence electrons. The third kappa shape index (κ3) is 2.97. The Kier molecular flexibility index (Phi) is 3.66. The van der Waals surface area contributed by atoms with Gasteiger partial charge in [0.15, 0.2) is 0 Å². The molecule has 1 amide bonds. The molecule has 0 saturated heterocycles. The minimum absolute atomic E-state index is 0.532. The summed E-state index contributed by atoms with van der Waals surface area (Å²) >= 11 is -2.57. The maximum atomic E-state index is 10.9. The van der Waals surface area contributed by atoms with Crippen molar-refractivity contribution in [2.24, 2.45) is 0 Å². The van der Waals surface area contributed by atoms with Gasteiger partial charge in [0.05, 0.1) is 0 Å². The Bertz CT molecular complexity index is 192. The van der Waals surface area contributed by atoms with Crippen molar-refractivity contribution in [2.75, 3.05) is 7.11 Å². The van der Waals surface area contributed by atoms with E-state index < -0.39 is 24.7 Å². The zero-order valence-corrected chi connectivity index (χ0v) is 10.1. The zero-order chi connectivity index (χ0) is 9.07. The first-order valence-corrected chi connectivity index (χ1v) is 13.0. The van der Waals surface area contributed by atoms with Crippen molar-refractivity contribution in [3.8, 4) is 6.19 Å². The number of ether oxygens (including phenoxy) is 1. The molecule has 0 aromatic rings. The molecule has 5 heteroatoms. The summed E-state index contributed by atoms with van der Waals surface area (Å²) in [6.45, 7) is 0. The van der Waals surface area contributed by atoms with Crippen LogP contribution in [0.3, 0.4) is 0 Å². The normalized spacial score (nSPS) is 10.1. The number of hydrogen-bond donors (Lipinski definition) is 0. The Morgan fingerprint density at radius 3 is 2.09 bits per heavy atom. The van der Waals surface area contributed by atoms with Crippen LogP contribution < -0.4 is 0 Å². The van der Waals surface area contributed by atoms with Crippen LogP contribution in [0, 0.1) is 11.5 Å². The van der Waals surface area contributed by atoms with E-state index in [0.717, 1.165) is 0 Å². The predicted octanol–water partition coefficient (Wildman–Crippen LogP) is 1.37. The molecule has 0 aliphatic heterocycles. The van der Waals surface area contributed by atoms with Crippen molar-refractivity contribution in [2.45, 2.75) is 14.8 Å². The van der Waals surface area contributed by atoms with Crippen molar-refractivity contribution >= 4 is 24.7 Å². The fraction of sp³-hybridized carbons (Fsp3) is 0.667. The number of nitrogens with zero attached hydrogens (tertiary/aromatic N) is 2. The SMILES string of the molecule is COC(=O)[N](C#N)[Sn]([CH3])([CH3])[CH3]. The summed E-state index contributed by atoms with van der Waals surface area (Å²) in [4.78, 5) is 16.8. The van der Waals surface area contributed by atoms with Gasteiger partial charge in [-0.25, -0.2) is 0 Å². The summed E-state index contributed by atoms with van der Waals surface area (Å²) in [5.41, 5.74) is 0. The van der Waals surface area contributed by atoms with Crippen LogP contribution >= 0.6 is 0 Å². The van der Waals surface area contributed by atoms with Gasteiger partial charge in [0.25, 0.3) is 0 Å². The molecular weight excluding hydrogens is 251 g/mol. The molecule has 0 rings (SSSR count). The van der Waals surface area contributed by atoms with Gasteiger partial charge in [0.2, 0.25) is 0 Å². The van der Waals surface area contributed by atoms with Crippen LogP contribution in [-0.4, -0.2) is 35.0 Å². The van der Waals surface area contributed by atoms with Crippen LogP contribution in [-0.2, 0) is 4.74 Å². The van der Waals surface area contributed by atoms with Crippen molar-refractivity contribution in [3.63, 3.8) is 0 Å². The minimum atomic E-state index is -2.57. The standard InChI is InChI=1S/C3H4N2O2.3CH3.Sn/c1-7-3(6)5-2-4;;;;/h1H3,(H,5,6);3*1H3;/q;;;;+1/p-1. The second-order valence-electron chi connectivity index (χ2n) is 3.08. The van der Waals surface area contributed by atoms with Crippen LogP contribution in [0.5, 0.6) is 0 Å². The average molecular weight is 263 g/mol. The summed E-state index contributed by atoms with van der Waals surface area (Å²) in [6, 6.07) is 0. The third-order valence-electron chi connectivity index (χ3n) is 1.13. The van der Waals surface area contributed by atoms with Crippen molar-refractivity contribution in [1.82, 2.24) is 3.12 Å². The summed E-state index contributed by atoms with van der Waals surface area (Å²) in [6.07, 6.45) is 1.31. The zero-order valence-electron chi connectivity index (χ0n) is 7.21. The fourth-order valence-electron chi connectivity index (χ4n) is 0.556. The molecule has 0 bridgehead atoms. The van der Waals surface area contributed by atoms with Gasteiger partial charge in [-0.1, -0.05) is 0 Å². The second kappa shape index (κ2) is 3.81. The predicted molar refractivity (Wildman–Crippen MR) is 43.2 cm³/mol. The van der Waals surface area contributed by atoms with Crippen molar-refractivity contribution in [3.05, 3.63) is 0 Å². The first-order chi connectivity index (χ1) is 4.93. The van der Waals surface area contributed by atoms with Crippen LogP contribution in [0.4, 0.5) is 4.79 Å². The molecule has 0 aromatic heterocycles. The number of amides is 1. The summed E-state index contributed by atoms with van der Waals surface area (Å²) < 4.78 is 5.64. The van der Waals surface area contributed by atoms with E-state index in [2.05, 4.69) is 4.74 Å². The van der Waals surface area contributed by atoms with E-state index in [0.29, 0.717) is 0 Å². The second-order valence-corrected chi connectivity index (χ2v) is 16.7. The van der Waals surface area contributed by atoms with Crippen LogP contribution in [0.15, 0.2) is 0 Å². The average Bonchev–Trinajstić information content (AvgIpc) is 1.86. The van der Waals surface area contributed by atoms with E-state index >= 15 is 0 Å². The quantitative estimate of drug-likeness (QED) is 0.408. The molecule has 0 saturated carbocycles. The number of hydrogen-bond acceptors (Lipinski definition) is 3. The molecule has 0 atom stereocenters. The van der Waals surface area contributed by atoms with Crippen molar-refractivity contribution in [1.29, 1.82) is 5.26 Å². The Labute approximate surface area is 71.0 Å². The van der Waals surface area contributed by atoms with Gasteiger partial charge in [0.1, 0.15) is 0 Å². The Balaban J connectivity index is 4.45. The van der Waals surface area contributed by atoms with Gasteiger partial charge in [-0.05, 0) is 0 Å². The van der Waals surface area contributed by atoms with E-state index in [1.165, 1.54) is 10.2 Å². The van der Waals surface area contributed by atoms with Gasteiger partial charge in [-0.15, -0.1) is 0 Å². The van der Waals surface area contributed by atoms with E-state index in [-0.39, 0.29) is 0 Å². The summed E-state index contributed by atoms with van der Waals surface area (Å²) in [5, 5.41) is 8.59. The molecule has 0 spiro atoms. The molecule has 0 radical (unpaired) electrons. The van der Waals surface area contributed by atoms with Gasteiger partial charge in [-0.3, -0.25) is 0 Å². The number of nitriles is 1. The molecule has 0 fully saturated rings. The van der Waals surface area contributed by atoms with Crippen molar-refractivity contribution < 1.29 is 9.53 Å². The Hall–Kier alpha value is -0.441. The molecule has 0 aliphatic rings. The Morgan fingerprint density at radius 2 is 2.00 bits per heavy atom. The van der Waals surface area contributed by atoms with Gasteiger partial charge in [0, 0.05) is 0 Å². The number of carbonyl (C=O) groups is 1. The Morgan fingerprint density at radius 1 is 1.55 bits per heavy atom. The maximum absolute atomic E-state index is 10.9. The number of methoxy groups -OCH3 is 1. The summed E-state index contributed by atoms with van der Waals surface area (Å²) in [5.74, 6) is 0. The number of rotatable bonds is 1. The molecule has 11 heavy (non-hydrogen) atoms. The van der Waals surface area contributed by atoms with E-state index in [9.17, 15) is 4.79 Å². The molecule has 0 unspecified atom stereocenters. The molecular formula is C6H12N2O2Sn.